The van der Waals surface area contributed by atoms with Gasteiger partial charge in [-0.25, -0.2) is 4.79 Å². The van der Waals surface area contributed by atoms with Crippen molar-refractivity contribution in [3.63, 3.8) is 0 Å². The van der Waals surface area contributed by atoms with E-state index in [1.165, 1.54) is 6.07 Å². The Kier molecular flexibility index (Phi) is 4.77. The lowest BCUT2D eigenvalue weighted by Crippen LogP contribution is -2.08. The fraction of sp³-hybridized carbons (Fsp3) is 0. The molecule has 0 saturated carbocycles. The Balaban J connectivity index is 1.77. The van der Waals surface area contributed by atoms with Gasteiger partial charge in [0.05, 0.1) is 0 Å². The molecule has 0 amide bonds. The van der Waals surface area contributed by atoms with Crippen molar-refractivity contribution < 1.29 is 19.2 Å². The SMILES string of the molecule is O=C(Oc1ccc(/C(=N\O)c2ccccc2)cc1)c1ccc(Br)o1. The molecule has 120 valence electrons. The number of nitrogens with zero attached hydrogens (tertiary/aromatic N) is 1. The summed E-state index contributed by atoms with van der Waals surface area (Å²) in [6, 6.07) is 19.1. The molecule has 5 nitrogen and oxygen atoms in total. The molecule has 0 bridgehead atoms. The Hall–Kier alpha value is -2.86. The van der Waals surface area contributed by atoms with E-state index in [2.05, 4.69) is 21.1 Å². The van der Waals surface area contributed by atoms with Crippen LogP contribution in [-0.2, 0) is 0 Å². The lowest BCUT2D eigenvalue weighted by Gasteiger charge is -2.06. The third-order valence-corrected chi connectivity index (χ3v) is 3.69. The van der Waals surface area contributed by atoms with Gasteiger partial charge in [-0.1, -0.05) is 35.5 Å². The van der Waals surface area contributed by atoms with Crippen molar-refractivity contribution >= 4 is 27.6 Å². The van der Waals surface area contributed by atoms with Crippen molar-refractivity contribution in [1.82, 2.24) is 0 Å². The van der Waals surface area contributed by atoms with Crippen molar-refractivity contribution in [3.8, 4) is 5.75 Å². The zero-order valence-corrected chi connectivity index (χ0v) is 13.9. The zero-order chi connectivity index (χ0) is 16.9. The molecular weight excluding hydrogens is 374 g/mol. The summed E-state index contributed by atoms with van der Waals surface area (Å²) in [5.74, 6) is -0.123. The first-order chi connectivity index (χ1) is 11.7. The molecular formula is C18H12BrNO4. The van der Waals surface area contributed by atoms with Crippen LogP contribution in [-0.4, -0.2) is 16.9 Å². The van der Waals surface area contributed by atoms with Gasteiger partial charge in [-0.2, -0.15) is 0 Å². The second-order valence-electron chi connectivity index (χ2n) is 4.83. The van der Waals surface area contributed by atoms with Crippen LogP contribution >= 0.6 is 15.9 Å². The standard InChI is InChI=1S/C18H12BrNO4/c19-16-11-10-15(24-16)18(21)23-14-8-6-13(7-9-14)17(20-22)12-4-2-1-3-5-12/h1-11,22H/b20-17-. The first kappa shape index (κ1) is 16.0. The molecule has 0 aliphatic rings. The predicted octanol–water partition coefficient (Wildman–Crippen LogP) is 4.49. The molecule has 24 heavy (non-hydrogen) atoms. The van der Waals surface area contributed by atoms with E-state index in [9.17, 15) is 10.0 Å². The van der Waals surface area contributed by atoms with E-state index in [0.29, 0.717) is 21.7 Å². The summed E-state index contributed by atoms with van der Waals surface area (Å²) in [6.45, 7) is 0. The molecule has 0 atom stereocenters. The van der Waals surface area contributed by atoms with Crippen LogP contribution in [0, 0.1) is 0 Å². The Bertz CT molecular complexity index is 870. The zero-order valence-electron chi connectivity index (χ0n) is 12.3. The number of oxime groups is 1. The van der Waals surface area contributed by atoms with Gasteiger partial charge >= 0.3 is 5.97 Å². The van der Waals surface area contributed by atoms with Gasteiger partial charge in [-0.05, 0) is 52.3 Å². The molecule has 0 fully saturated rings. The second kappa shape index (κ2) is 7.14. The van der Waals surface area contributed by atoms with Crippen LogP contribution in [0.5, 0.6) is 5.75 Å². The maximum absolute atomic E-state index is 11.9. The molecule has 0 saturated heterocycles. The molecule has 0 spiro atoms. The van der Waals surface area contributed by atoms with Gasteiger partial charge in [0.15, 0.2) is 4.67 Å². The summed E-state index contributed by atoms with van der Waals surface area (Å²) in [5, 5.41) is 12.6. The fourth-order valence-electron chi connectivity index (χ4n) is 2.14. The Morgan fingerprint density at radius 3 is 2.21 bits per heavy atom. The Labute approximate surface area is 146 Å². The quantitative estimate of drug-likeness (QED) is 0.236. The summed E-state index contributed by atoms with van der Waals surface area (Å²) in [7, 11) is 0. The summed E-state index contributed by atoms with van der Waals surface area (Å²) in [5.41, 5.74) is 1.91. The highest BCUT2D eigenvalue weighted by molar-refractivity contribution is 9.10. The number of hydrogen-bond acceptors (Lipinski definition) is 5. The smallest absolute Gasteiger partial charge is 0.379 e. The molecule has 3 rings (SSSR count). The number of furan rings is 1. The topological polar surface area (TPSA) is 72.0 Å². The van der Waals surface area contributed by atoms with E-state index < -0.39 is 5.97 Å². The molecule has 0 radical (unpaired) electrons. The normalized spacial score (nSPS) is 11.3. The summed E-state index contributed by atoms with van der Waals surface area (Å²) in [6.07, 6.45) is 0. The maximum atomic E-state index is 11.9. The highest BCUT2D eigenvalue weighted by atomic mass is 79.9. The second-order valence-corrected chi connectivity index (χ2v) is 5.61. The minimum Gasteiger partial charge on any atom is -0.442 e. The number of halogens is 1. The van der Waals surface area contributed by atoms with Crippen LogP contribution in [0.1, 0.15) is 21.7 Å². The average Bonchev–Trinajstić information content (AvgIpc) is 3.05. The number of carbonyl (C=O) groups is 1. The van der Waals surface area contributed by atoms with Crippen LogP contribution in [0.3, 0.4) is 0 Å². The van der Waals surface area contributed by atoms with E-state index in [-0.39, 0.29) is 5.76 Å². The van der Waals surface area contributed by atoms with Crippen LogP contribution in [0.25, 0.3) is 0 Å². The monoisotopic (exact) mass is 385 g/mol. The van der Waals surface area contributed by atoms with Crippen LogP contribution in [0.15, 0.2) is 81.0 Å². The van der Waals surface area contributed by atoms with E-state index in [0.717, 1.165) is 5.56 Å². The first-order valence-electron chi connectivity index (χ1n) is 7.03. The number of carbonyl (C=O) groups excluding carboxylic acids is 1. The molecule has 1 N–H and O–H groups in total. The molecule has 0 aliphatic heterocycles. The van der Waals surface area contributed by atoms with Crippen molar-refractivity contribution in [2.45, 2.75) is 0 Å². The van der Waals surface area contributed by atoms with Crippen molar-refractivity contribution in [1.29, 1.82) is 0 Å². The van der Waals surface area contributed by atoms with Crippen LogP contribution in [0.2, 0.25) is 0 Å². The molecule has 6 heteroatoms. The van der Waals surface area contributed by atoms with Gasteiger partial charge < -0.3 is 14.4 Å². The summed E-state index contributed by atoms with van der Waals surface area (Å²) >= 11 is 3.13. The molecule has 0 unspecified atom stereocenters. The predicted molar refractivity (Wildman–Crippen MR) is 91.7 cm³/mol. The van der Waals surface area contributed by atoms with Gasteiger partial charge in [0.25, 0.3) is 0 Å². The number of rotatable bonds is 4. The lowest BCUT2D eigenvalue weighted by molar-refractivity contribution is 0.0700. The minimum atomic E-state index is -0.590. The Morgan fingerprint density at radius 1 is 0.958 bits per heavy atom. The highest BCUT2D eigenvalue weighted by Gasteiger charge is 2.14. The Morgan fingerprint density at radius 2 is 1.62 bits per heavy atom. The molecule has 1 heterocycles. The van der Waals surface area contributed by atoms with Gasteiger partial charge in [0, 0.05) is 11.1 Å². The molecule has 0 aliphatic carbocycles. The van der Waals surface area contributed by atoms with E-state index in [1.54, 1.807) is 30.3 Å². The van der Waals surface area contributed by atoms with Gasteiger partial charge in [-0.3, -0.25) is 0 Å². The lowest BCUT2D eigenvalue weighted by atomic mass is 10.0. The van der Waals surface area contributed by atoms with E-state index in [1.807, 2.05) is 30.3 Å². The molecule has 3 aromatic rings. The van der Waals surface area contributed by atoms with E-state index >= 15 is 0 Å². The molecule has 1 aromatic heterocycles. The number of benzene rings is 2. The van der Waals surface area contributed by atoms with Gasteiger partial charge in [0.2, 0.25) is 5.76 Å². The van der Waals surface area contributed by atoms with Crippen molar-refractivity contribution in [3.05, 3.63) is 88.3 Å². The van der Waals surface area contributed by atoms with Crippen molar-refractivity contribution in [2.75, 3.05) is 0 Å². The maximum Gasteiger partial charge on any atom is 0.379 e. The average molecular weight is 386 g/mol. The highest BCUT2D eigenvalue weighted by Crippen LogP contribution is 2.19. The number of ether oxygens (including phenoxy) is 1. The van der Waals surface area contributed by atoms with Gasteiger partial charge in [0.1, 0.15) is 11.5 Å². The van der Waals surface area contributed by atoms with Crippen molar-refractivity contribution in [2.24, 2.45) is 5.16 Å². The largest absolute Gasteiger partial charge is 0.442 e. The van der Waals surface area contributed by atoms with Crippen LogP contribution < -0.4 is 4.74 Å². The minimum absolute atomic E-state index is 0.104. The third-order valence-electron chi connectivity index (χ3n) is 3.26. The fourth-order valence-corrected chi connectivity index (χ4v) is 2.45. The third kappa shape index (κ3) is 3.55. The van der Waals surface area contributed by atoms with Crippen LogP contribution in [0.4, 0.5) is 0 Å². The van der Waals surface area contributed by atoms with E-state index in [4.69, 9.17) is 9.15 Å². The summed E-state index contributed by atoms with van der Waals surface area (Å²) < 4.78 is 10.8. The number of hydrogen-bond donors (Lipinski definition) is 1. The first-order valence-corrected chi connectivity index (χ1v) is 7.82. The summed E-state index contributed by atoms with van der Waals surface area (Å²) in [4.78, 5) is 11.9. The molecule has 2 aromatic carbocycles. The number of esters is 1. The van der Waals surface area contributed by atoms with Gasteiger partial charge in [-0.15, -0.1) is 0 Å².